The van der Waals surface area contributed by atoms with Crippen molar-refractivity contribution in [3.05, 3.63) is 59.2 Å². The summed E-state index contributed by atoms with van der Waals surface area (Å²) in [7, 11) is 1.58. The fourth-order valence-electron chi connectivity index (χ4n) is 3.17. The molecular weight excluding hydrogens is 330 g/mol. The molecule has 0 unspecified atom stereocenters. The van der Waals surface area contributed by atoms with Crippen LogP contribution < -0.4 is 10.1 Å². The smallest absolute Gasteiger partial charge is 0.322 e. The van der Waals surface area contributed by atoms with Gasteiger partial charge in [-0.05, 0) is 73.2 Å². The molecular formula is C20H19N3O3. The van der Waals surface area contributed by atoms with Gasteiger partial charge in [-0.2, -0.15) is 0 Å². The Morgan fingerprint density at radius 3 is 2.58 bits per heavy atom. The van der Waals surface area contributed by atoms with Gasteiger partial charge in [0.25, 0.3) is 5.91 Å². The predicted molar refractivity (Wildman–Crippen MR) is 97.3 cm³/mol. The highest BCUT2D eigenvalue weighted by atomic mass is 16.5. The fourth-order valence-corrected chi connectivity index (χ4v) is 3.17. The normalized spacial score (nSPS) is 13.1. The molecule has 0 radical (unpaired) electrons. The summed E-state index contributed by atoms with van der Waals surface area (Å²) in [6.07, 6.45) is 4.67. The highest BCUT2D eigenvalue weighted by Crippen LogP contribution is 2.27. The van der Waals surface area contributed by atoms with E-state index in [2.05, 4.69) is 27.6 Å². The minimum atomic E-state index is -0.312. The second kappa shape index (κ2) is 7.00. The lowest BCUT2D eigenvalue weighted by Crippen LogP contribution is -2.11. The van der Waals surface area contributed by atoms with Crippen molar-refractivity contribution in [3.63, 3.8) is 0 Å². The van der Waals surface area contributed by atoms with Crippen molar-refractivity contribution in [1.29, 1.82) is 0 Å². The largest absolute Gasteiger partial charge is 0.497 e. The molecule has 1 heterocycles. The van der Waals surface area contributed by atoms with E-state index < -0.39 is 0 Å². The van der Waals surface area contributed by atoms with Crippen molar-refractivity contribution in [2.45, 2.75) is 25.7 Å². The van der Waals surface area contributed by atoms with Crippen LogP contribution in [0.2, 0.25) is 0 Å². The Labute approximate surface area is 151 Å². The SMILES string of the molecule is COc1ccc(C(=O)Nc2nnc(-c3ccc4c(c3)CCCC4)o2)cc1. The van der Waals surface area contributed by atoms with E-state index in [-0.39, 0.29) is 11.9 Å². The van der Waals surface area contributed by atoms with Crippen LogP contribution in [0.4, 0.5) is 6.01 Å². The van der Waals surface area contributed by atoms with Gasteiger partial charge >= 0.3 is 6.01 Å². The number of nitrogens with one attached hydrogen (secondary N) is 1. The van der Waals surface area contributed by atoms with Gasteiger partial charge in [0.05, 0.1) is 7.11 Å². The maximum absolute atomic E-state index is 12.3. The molecule has 0 spiro atoms. The van der Waals surface area contributed by atoms with Crippen molar-refractivity contribution in [1.82, 2.24) is 10.2 Å². The van der Waals surface area contributed by atoms with E-state index in [4.69, 9.17) is 9.15 Å². The molecule has 6 heteroatoms. The zero-order chi connectivity index (χ0) is 17.9. The van der Waals surface area contributed by atoms with Gasteiger partial charge in [-0.15, -0.1) is 5.10 Å². The summed E-state index contributed by atoms with van der Waals surface area (Å²) in [5.41, 5.74) is 4.10. The van der Waals surface area contributed by atoms with Crippen molar-refractivity contribution in [2.75, 3.05) is 12.4 Å². The minimum absolute atomic E-state index is 0.0820. The van der Waals surface area contributed by atoms with Crippen LogP contribution in [0.25, 0.3) is 11.5 Å². The molecule has 6 nitrogen and oxygen atoms in total. The number of carbonyl (C=O) groups is 1. The fraction of sp³-hybridized carbons (Fsp3) is 0.250. The molecule has 2 aromatic carbocycles. The number of carbonyl (C=O) groups excluding carboxylic acids is 1. The molecule has 0 saturated carbocycles. The van der Waals surface area contributed by atoms with Crippen LogP contribution in [0.3, 0.4) is 0 Å². The first-order valence-electron chi connectivity index (χ1n) is 8.64. The summed E-state index contributed by atoms with van der Waals surface area (Å²) in [6, 6.07) is 13.1. The summed E-state index contributed by atoms with van der Waals surface area (Å²) in [4.78, 5) is 12.3. The molecule has 1 N–H and O–H groups in total. The Morgan fingerprint density at radius 2 is 1.81 bits per heavy atom. The maximum atomic E-state index is 12.3. The molecule has 0 saturated heterocycles. The van der Waals surface area contributed by atoms with E-state index in [9.17, 15) is 4.79 Å². The van der Waals surface area contributed by atoms with Gasteiger partial charge < -0.3 is 9.15 Å². The van der Waals surface area contributed by atoms with E-state index in [1.807, 2.05) is 6.07 Å². The third-order valence-electron chi connectivity index (χ3n) is 4.59. The summed E-state index contributed by atoms with van der Waals surface area (Å²) >= 11 is 0. The zero-order valence-electron chi connectivity index (χ0n) is 14.5. The van der Waals surface area contributed by atoms with Crippen LogP contribution in [0.1, 0.15) is 34.3 Å². The van der Waals surface area contributed by atoms with Gasteiger partial charge in [-0.1, -0.05) is 11.2 Å². The molecule has 0 bridgehead atoms. The Bertz CT molecular complexity index is 932. The number of amides is 1. The monoisotopic (exact) mass is 349 g/mol. The van der Waals surface area contributed by atoms with Gasteiger partial charge in [0, 0.05) is 11.1 Å². The molecule has 1 aliphatic rings. The van der Waals surface area contributed by atoms with E-state index in [0.29, 0.717) is 17.2 Å². The Balaban J connectivity index is 1.50. The highest BCUT2D eigenvalue weighted by molar-refractivity contribution is 6.03. The first-order valence-corrected chi connectivity index (χ1v) is 8.64. The third kappa shape index (κ3) is 3.31. The number of methoxy groups -OCH3 is 1. The van der Waals surface area contributed by atoms with Crippen LogP contribution in [-0.2, 0) is 12.8 Å². The summed E-state index contributed by atoms with van der Waals surface area (Å²) in [6.45, 7) is 0. The molecule has 26 heavy (non-hydrogen) atoms. The molecule has 0 aliphatic heterocycles. The number of rotatable bonds is 4. The lowest BCUT2D eigenvalue weighted by molar-refractivity contribution is 0.102. The molecule has 1 amide bonds. The number of nitrogens with zero attached hydrogens (tertiary/aromatic N) is 2. The number of hydrogen-bond acceptors (Lipinski definition) is 5. The number of anilines is 1. The molecule has 132 valence electrons. The lowest BCUT2D eigenvalue weighted by atomic mass is 9.90. The number of hydrogen-bond donors (Lipinski definition) is 1. The van der Waals surface area contributed by atoms with E-state index in [1.54, 1.807) is 31.4 Å². The van der Waals surface area contributed by atoms with Gasteiger partial charge in [0.1, 0.15) is 5.75 Å². The molecule has 0 fully saturated rings. The molecule has 3 aromatic rings. The van der Waals surface area contributed by atoms with Crippen molar-refractivity contribution in [3.8, 4) is 17.2 Å². The summed E-state index contributed by atoms with van der Waals surface area (Å²) < 4.78 is 10.7. The number of ether oxygens (including phenoxy) is 1. The van der Waals surface area contributed by atoms with E-state index in [0.717, 1.165) is 18.4 Å². The predicted octanol–water partition coefficient (Wildman–Crippen LogP) is 3.88. The average molecular weight is 349 g/mol. The lowest BCUT2D eigenvalue weighted by Gasteiger charge is -2.15. The molecule has 1 aromatic heterocycles. The Morgan fingerprint density at radius 1 is 1.04 bits per heavy atom. The summed E-state index contributed by atoms with van der Waals surface area (Å²) in [5, 5.41) is 10.6. The van der Waals surface area contributed by atoms with Gasteiger partial charge in [-0.3, -0.25) is 10.1 Å². The van der Waals surface area contributed by atoms with Crippen molar-refractivity contribution >= 4 is 11.9 Å². The van der Waals surface area contributed by atoms with Gasteiger partial charge in [0.15, 0.2) is 0 Å². The zero-order valence-corrected chi connectivity index (χ0v) is 14.5. The van der Waals surface area contributed by atoms with Crippen molar-refractivity contribution < 1.29 is 13.9 Å². The first-order chi connectivity index (χ1) is 12.7. The second-order valence-corrected chi connectivity index (χ2v) is 6.29. The first kappa shape index (κ1) is 16.3. The Kier molecular flexibility index (Phi) is 4.39. The number of benzene rings is 2. The maximum Gasteiger partial charge on any atom is 0.322 e. The standard InChI is InChI=1S/C20H19N3O3/c1-25-17-10-8-14(9-11-17)18(24)21-20-23-22-19(26-20)16-7-6-13-4-2-3-5-15(13)12-16/h6-12H,2-5H2,1H3,(H,21,23,24). The summed E-state index contributed by atoms with van der Waals surface area (Å²) in [5.74, 6) is 0.783. The van der Waals surface area contributed by atoms with Gasteiger partial charge in [0.2, 0.25) is 5.89 Å². The number of fused-ring (bicyclic) bond motifs is 1. The number of aryl methyl sites for hydroxylation is 2. The number of aromatic nitrogens is 2. The minimum Gasteiger partial charge on any atom is -0.497 e. The second-order valence-electron chi connectivity index (χ2n) is 6.29. The van der Waals surface area contributed by atoms with Crippen LogP contribution in [0.5, 0.6) is 5.75 Å². The average Bonchev–Trinajstić information content (AvgIpc) is 3.16. The van der Waals surface area contributed by atoms with Crippen LogP contribution in [0.15, 0.2) is 46.9 Å². The topological polar surface area (TPSA) is 77.2 Å². The van der Waals surface area contributed by atoms with Crippen LogP contribution >= 0.6 is 0 Å². The highest BCUT2D eigenvalue weighted by Gasteiger charge is 2.15. The molecule has 1 aliphatic carbocycles. The van der Waals surface area contributed by atoms with Crippen molar-refractivity contribution in [2.24, 2.45) is 0 Å². The Hall–Kier alpha value is -3.15. The quantitative estimate of drug-likeness (QED) is 0.773. The van der Waals surface area contributed by atoms with Gasteiger partial charge in [-0.25, -0.2) is 0 Å². The van der Waals surface area contributed by atoms with Crippen LogP contribution in [-0.4, -0.2) is 23.2 Å². The molecule has 0 atom stereocenters. The molecule has 4 rings (SSSR count). The van der Waals surface area contributed by atoms with E-state index in [1.165, 1.54) is 24.0 Å². The van der Waals surface area contributed by atoms with Crippen LogP contribution in [0, 0.1) is 0 Å². The third-order valence-corrected chi connectivity index (χ3v) is 4.59. The van der Waals surface area contributed by atoms with E-state index >= 15 is 0 Å².